The van der Waals surface area contributed by atoms with Gasteiger partial charge in [0.25, 0.3) is 0 Å². The molecule has 3 rings (SSSR count). The molecule has 188 valence electrons. The molecule has 0 aliphatic heterocycles. The lowest BCUT2D eigenvalue weighted by Crippen LogP contribution is -2.45. The van der Waals surface area contributed by atoms with E-state index in [1.807, 2.05) is 91.0 Å². The highest BCUT2D eigenvalue weighted by Crippen LogP contribution is 2.28. The largest absolute Gasteiger partial charge is 0.480 e. The van der Waals surface area contributed by atoms with Gasteiger partial charge in [-0.25, -0.2) is 9.59 Å². The third kappa shape index (κ3) is 8.58. The van der Waals surface area contributed by atoms with E-state index in [1.165, 1.54) is 0 Å². The Balaban J connectivity index is 1.43. The summed E-state index contributed by atoms with van der Waals surface area (Å²) in [5, 5.41) is 15.4. The lowest BCUT2D eigenvalue weighted by atomic mass is 9.85. The van der Waals surface area contributed by atoms with Crippen LogP contribution in [-0.4, -0.2) is 35.7 Å². The fourth-order valence-corrected chi connectivity index (χ4v) is 3.98. The number of nitrogens with one attached hydrogen (secondary N) is 2. The van der Waals surface area contributed by atoms with Crippen LogP contribution in [-0.2, 0) is 20.9 Å². The van der Waals surface area contributed by atoms with Crippen LogP contribution in [0.25, 0.3) is 0 Å². The number of hydrogen-bond donors (Lipinski definition) is 3. The Morgan fingerprint density at radius 2 is 1.31 bits per heavy atom. The Bertz CT molecular complexity index is 1050. The van der Waals surface area contributed by atoms with E-state index in [-0.39, 0.29) is 18.9 Å². The maximum absolute atomic E-state index is 12.6. The van der Waals surface area contributed by atoms with Crippen LogP contribution in [0.1, 0.15) is 48.3 Å². The number of hydrogen-bond acceptors (Lipinski definition) is 4. The molecule has 0 aliphatic rings. The summed E-state index contributed by atoms with van der Waals surface area (Å²) >= 11 is 0. The average molecular weight is 489 g/mol. The van der Waals surface area contributed by atoms with Gasteiger partial charge in [-0.3, -0.25) is 4.79 Å². The average Bonchev–Trinajstić information content (AvgIpc) is 2.91. The first-order valence-corrected chi connectivity index (χ1v) is 12.1. The van der Waals surface area contributed by atoms with Gasteiger partial charge in [0.15, 0.2) is 0 Å². The van der Waals surface area contributed by atoms with Crippen LogP contribution in [0.4, 0.5) is 4.79 Å². The van der Waals surface area contributed by atoms with Gasteiger partial charge in [-0.1, -0.05) is 97.4 Å². The zero-order valence-electron chi connectivity index (χ0n) is 20.1. The lowest BCUT2D eigenvalue weighted by molar-refractivity contribution is -0.142. The van der Waals surface area contributed by atoms with Gasteiger partial charge in [0, 0.05) is 18.9 Å². The molecule has 0 heterocycles. The first-order chi connectivity index (χ1) is 17.5. The number of carboxylic acid groups (broad SMARTS) is 1. The molecule has 0 aliphatic carbocycles. The Hall–Kier alpha value is -4.13. The molecule has 0 bridgehead atoms. The van der Waals surface area contributed by atoms with Crippen molar-refractivity contribution in [2.45, 2.75) is 44.2 Å². The molecule has 7 heteroatoms. The molecule has 0 aromatic heterocycles. The van der Waals surface area contributed by atoms with Crippen LogP contribution in [0.3, 0.4) is 0 Å². The highest BCUT2D eigenvalue weighted by molar-refractivity contribution is 5.85. The maximum Gasteiger partial charge on any atom is 0.407 e. The molecular formula is C29H32N2O5. The maximum atomic E-state index is 12.6. The Morgan fingerprint density at radius 1 is 0.750 bits per heavy atom. The summed E-state index contributed by atoms with van der Waals surface area (Å²) in [5.74, 6) is -1.91. The number of carboxylic acids is 1. The van der Waals surface area contributed by atoms with E-state index >= 15 is 0 Å². The first-order valence-electron chi connectivity index (χ1n) is 12.1. The molecule has 36 heavy (non-hydrogen) atoms. The minimum Gasteiger partial charge on any atom is -0.480 e. The van der Waals surface area contributed by atoms with Gasteiger partial charge in [-0.2, -0.15) is 0 Å². The molecule has 0 radical (unpaired) electrons. The van der Waals surface area contributed by atoms with Crippen LogP contribution in [0.2, 0.25) is 0 Å². The molecule has 3 aromatic rings. The van der Waals surface area contributed by atoms with Crippen molar-refractivity contribution >= 4 is 18.0 Å². The topological polar surface area (TPSA) is 105 Å². The number of unbranched alkanes of at least 4 members (excludes halogenated alkanes) is 2. The van der Waals surface area contributed by atoms with Crippen molar-refractivity contribution < 1.29 is 24.2 Å². The van der Waals surface area contributed by atoms with E-state index in [1.54, 1.807) is 0 Å². The molecule has 0 unspecified atom stereocenters. The molecule has 0 spiro atoms. The quantitative estimate of drug-likeness (QED) is 0.298. The van der Waals surface area contributed by atoms with E-state index in [2.05, 4.69) is 10.6 Å². The third-order valence-corrected chi connectivity index (χ3v) is 5.80. The summed E-state index contributed by atoms with van der Waals surface area (Å²) < 4.78 is 5.16. The Kier molecular flexibility index (Phi) is 10.5. The molecule has 0 saturated carbocycles. The van der Waals surface area contributed by atoms with Gasteiger partial charge in [0.1, 0.15) is 12.6 Å². The lowest BCUT2D eigenvalue weighted by Gasteiger charge is -2.26. The smallest absolute Gasteiger partial charge is 0.407 e. The van der Waals surface area contributed by atoms with Crippen molar-refractivity contribution in [1.29, 1.82) is 0 Å². The molecule has 1 atom stereocenters. The van der Waals surface area contributed by atoms with E-state index in [0.717, 1.165) is 16.7 Å². The van der Waals surface area contributed by atoms with Gasteiger partial charge in [-0.15, -0.1) is 0 Å². The number of alkyl carbamates (subject to hydrolysis) is 1. The standard InChI is InChI=1S/C29H32N2O5/c32-25(19-11-4-12-20-30-29(35)36-21-22-13-5-1-6-14-22)31-27(28(33)34)26(23-15-7-2-8-16-23)24-17-9-3-10-18-24/h1-3,5-10,13-18,26-27H,4,11-12,19-21H2,(H,30,35)(H,31,32)(H,33,34)/t27-/m0/s1. The Labute approximate surface area is 211 Å². The molecule has 3 aromatic carbocycles. The van der Waals surface area contributed by atoms with Gasteiger partial charge >= 0.3 is 12.1 Å². The second-order valence-corrected chi connectivity index (χ2v) is 8.48. The van der Waals surface area contributed by atoms with Crippen LogP contribution in [0.15, 0.2) is 91.0 Å². The second kappa shape index (κ2) is 14.3. The number of benzene rings is 3. The number of carbonyl (C=O) groups excluding carboxylic acids is 2. The van der Waals surface area contributed by atoms with E-state index in [9.17, 15) is 19.5 Å². The molecule has 2 amide bonds. The zero-order valence-corrected chi connectivity index (χ0v) is 20.1. The fourth-order valence-electron chi connectivity index (χ4n) is 3.98. The number of carbonyl (C=O) groups is 3. The summed E-state index contributed by atoms with van der Waals surface area (Å²) in [5.41, 5.74) is 2.56. The zero-order chi connectivity index (χ0) is 25.6. The molecule has 7 nitrogen and oxygen atoms in total. The number of rotatable bonds is 13. The number of amides is 2. The molecule has 0 fully saturated rings. The van der Waals surface area contributed by atoms with Gasteiger partial charge in [0.2, 0.25) is 5.91 Å². The van der Waals surface area contributed by atoms with Gasteiger partial charge in [0.05, 0.1) is 0 Å². The van der Waals surface area contributed by atoms with Crippen molar-refractivity contribution in [2.24, 2.45) is 0 Å². The highest BCUT2D eigenvalue weighted by Gasteiger charge is 2.32. The van der Waals surface area contributed by atoms with Crippen molar-refractivity contribution in [3.8, 4) is 0 Å². The van der Waals surface area contributed by atoms with Gasteiger partial charge in [-0.05, 0) is 29.5 Å². The molecule has 0 saturated heterocycles. The first kappa shape index (κ1) is 26.5. The highest BCUT2D eigenvalue weighted by atomic mass is 16.5. The minimum atomic E-state index is -1.09. The van der Waals surface area contributed by atoms with Crippen molar-refractivity contribution in [3.63, 3.8) is 0 Å². The summed E-state index contributed by atoms with van der Waals surface area (Å²) in [6, 6.07) is 27.0. The summed E-state index contributed by atoms with van der Waals surface area (Å²) in [4.78, 5) is 36.6. The van der Waals surface area contributed by atoms with Crippen LogP contribution < -0.4 is 10.6 Å². The number of ether oxygens (including phenoxy) is 1. The van der Waals surface area contributed by atoms with E-state index < -0.39 is 24.0 Å². The number of aliphatic carboxylic acids is 1. The summed E-state index contributed by atoms with van der Waals surface area (Å²) in [7, 11) is 0. The normalized spacial score (nSPS) is 11.5. The van der Waals surface area contributed by atoms with Crippen molar-refractivity contribution in [2.75, 3.05) is 6.54 Å². The SMILES string of the molecule is O=C(CCCCCNC(=O)OCc1ccccc1)N[C@H](C(=O)O)C(c1ccccc1)c1ccccc1. The summed E-state index contributed by atoms with van der Waals surface area (Å²) in [6.45, 7) is 0.654. The Morgan fingerprint density at radius 3 is 1.86 bits per heavy atom. The van der Waals surface area contributed by atoms with Crippen LogP contribution >= 0.6 is 0 Å². The van der Waals surface area contributed by atoms with Crippen LogP contribution in [0, 0.1) is 0 Å². The van der Waals surface area contributed by atoms with E-state index in [4.69, 9.17) is 4.74 Å². The summed E-state index contributed by atoms with van der Waals surface area (Å²) in [6.07, 6.45) is 1.71. The monoisotopic (exact) mass is 488 g/mol. The predicted octanol–water partition coefficient (Wildman–Crippen LogP) is 4.87. The predicted molar refractivity (Wildman–Crippen MR) is 137 cm³/mol. The van der Waals surface area contributed by atoms with Crippen molar-refractivity contribution in [3.05, 3.63) is 108 Å². The third-order valence-electron chi connectivity index (χ3n) is 5.80. The molecule has 3 N–H and O–H groups in total. The van der Waals surface area contributed by atoms with E-state index in [0.29, 0.717) is 25.8 Å². The molecular weight excluding hydrogens is 456 g/mol. The minimum absolute atomic E-state index is 0.207. The van der Waals surface area contributed by atoms with Gasteiger partial charge < -0.3 is 20.5 Å². The fraction of sp³-hybridized carbons (Fsp3) is 0.276. The second-order valence-electron chi connectivity index (χ2n) is 8.48. The van der Waals surface area contributed by atoms with Crippen molar-refractivity contribution in [1.82, 2.24) is 10.6 Å². The van der Waals surface area contributed by atoms with Crippen LogP contribution in [0.5, 0.6) is 0 Å².